The van der Waals surface area contributed by atoms with Crippen LogP contribution in [0.1, 0.15) is 172 Å². The van der Waals surface area contributed by atoms with Crippen molar-refractivity contribution >= 4 is 45.7 Å². The third-order valence-electron chi connectivity index (χ3n) is 16.1. The van der Waals surface area contributed by atoms with Gasteiger partial charge in [-0.3, -0.25) is 9.59 Å². The summed E-state index contributed by atoms with van der Waals surface area (Å²) in [6, 6.07) is 22.4. The number of alkyl carbamates (subject to hydrolysis) is 1. The predicted molar refractivity (Wildman–Crippen MR) is 259 cm³/mol. The van der Waals surface area contributed by atoms with Gasteiger partial charge in [0.1, 0.15) is 17.7 Å². The third kappa shape index (κ3) is 8.03. The standard InChI is InChI=1S/C54H70N8O4/c1-30(2)25-48(63)61-42-13-9-11-32(42)28-46(61)50-55-38-21-15-34(26-40(38)57-50)44-23-24-45(60(44)37-19-17-36(18-20-37)54(5,6)7)35-16-22-39-41(27-35)58-51(56-39)47-29-33-12-10-14-43(33)62(47)52(64)49(31(3)4)59-53(65)66-8/h15-22,26-27,30-33,42-47,49H,9-14,23-25,28-29H2,1-8H3,(H,55,57)(H,56,58)(H,59,65)/t32-,33-,42-,43-,44+,45+,46-,47?,49-/m0/s1. The minimum Gasteiger partial charge on any atom is -0.453 e. The molecule has 350 valence electrons. The number of rotatable bonds is 10. The topological polar surface area (TPSA) is 140 Å². The molecule has 2 aromatic heterocycles. The van der Waals surface area contributed by atoms with Crippen molar-refractivity contribution in [3.8, 4) is 0 Å². The van der Waals surface area contributed by atoms with Crippen LogP contribution in [0.15, 0.2) is 60.7 Å². The van der Waals surface area contributed by atoms with Crippen LogP contribution in [0, 0.1) is 23.7 Å². The van der Waals surface area contributed by atoms with Crippen LogP contribution in [-0.4, -0.2) is 72.9 Å². The van der Waals surface area contributed by atoms with Gasteiger partial charge in [-0.15, -0.1) is 0 Å². The van der Waals surface area contributed by atoms with E-state index in [4.69, 9.17) is 14.7 Å². The number of carbonyl (C=O) groups is 3. The van der Waals surface area contributed by atoms with E-state index in [2.05, 4.69) is 120 Å². The van der Waals surface area contributed by atoms with E-state index in [0.717, 1.165) is 85.1 Å². The molecule has 5 heterocycles. The number of carbonyl (C=O) groups excluding carboxylic acids is 3. The Morgan fingerprint density at radius 3 is 1.74 bits per heavy atom. The van der Waals surface area contributed by atoms with E-state index in [-0.39, 0.29) is 53.4 Å². The number of benzene rings is 3. The van der Waals surface area contributed by atoms with Gasteiger partial charge in [0.15, 0.2) is 0 Å². The smallest absolute Gasteiger partial charge is 0.407 e. The molecule has 2 aliphatic carbocycles. The molecule has 1 unspecified atom stereocenters. The number of aromatic amines is 2. The second kappa shape index (κ2) is 17.4. The van der Waals surface area contributed by atoms with Crippen LogP contribution in [0.2, 0.25) is 0 Å². The minimum absolute atomic E-state index is 0.00796. The van der Waals surface area contributed by atoms with Gasteiger partial charge in [0.2, 0.25) is 11.8 Å². The molecule has 3 aliphatic heterocycles. The van der Waals surface area contributed by atoms with Gasteiger partial charge in [0.25, 0.3) is 0 Å². The van der Waals surface area contributed by atoms with Crippen molar-refractivity contribution in [2.24, 2.45) is 23.7 Å². The number of fused-ring (bicyclic) bond motifs is 4. The van der Waals surface area contributed by atoms with Gasteiger partial charge in [-0.1, -0.05) is 85.6 Å². The molecule has 0 spiro atoms. The molecule has 2 saturated carbocycles. The van der Waals surface area contributed by atoms with E-state index in [1.807, 2.05) is 18.7 Å². The number of anilines is 1. The largest absolute Gasteiger partial charge is 0.453 e. The molecule has 3 saturated heterocycles. The molecule has 5 aromatic rings. The number of hydrogen-bond acceptors (Lipinski definition) is 7. The van der Waals surface area contributed by atoms with Crippen LogP contribution in [-0.2, 0) is 19.7 Å². The van der Waals surface area contributed by atoms with Gasteiger partial charge in [-0.2, -0.15) is 0 Å². The second-order valence-electron chi connectivity index (χ2n) is 22.1. The summed E-state index contributed by atoms with van der Waals surface area (Å²) in [4.78, 5) is 65.3. The molecule has 0 radical (unpaired) electrons. The number of methoxy groups -OCH3 is 1. The highest BCUT2D eigenvalue weighted by Gasteiger charge is 2.50. The van der Waals surface area contributed by atoms with Gasteiger partial charge in [-0.25, -0.2) is 14.8 Å². The highest BCUT2D eigenvalue weighted by atomic mass is 16.5. The fourth-order valence-electron chi connectivity index (χ4n) is 12.8. The van der Waals surface area contributed by atoms with Crippen molar-refractivity contribution < 1.29 is 19.1 Å². The number of H-pyrrole nitrogens is 2. The van der Waals surface area contributed by atoms with Crippen LogP contribution >= 0.6 is 0 Å². The average Bonchev–Trinajstić information content (AvgIpc) is 4.14. The lowest BCUT2D eigenvalue weighted by Gasteiger charge is -2.34. The van der Waals surface area contributed by atoms with E-state index in [9.17, 15) is 14.4 Å². The summed E-state index contributed by atoms with van der Waals surface area (Å²) in [6.07, 6.45) is 10.4. The summed E-state index contributed by atoms with van der Waals surface area (Å²) < 4.78 is 4.93. The normalized spacial score (nSPS) is 26.8. The average molecular weight is 895 g/mol. The van der Waals surface area contributed by atoms with E-state index in [0.29, 0.717) is 30.2 Å². The number of nitrogens with zero attached hydrogens (tertiary/aromatic N) is 5. The first-order valence-electron chi connectivity index (χ1n) is 25.0. The first kappa shape index (κ1) is 44.4. The number of likely N-dealkylation sites (tertiary alicyclic amines) is 2. The zero-order valence-corrected chi connectivity index (χ0v) is 40.3. The van der Waals surface area contributed by atoms with Gasteiger partial charge in [-0.05, 0) is 134 Å². The maximum atomic E-state index is 14.4. The van der Waals surface area contributed by atoms with Crippen LogP contribution in [0.5, 0.6) is 0 Å². The van der Waals surface area contributed by atoms with E-state index in [1.54, 1.807) is 0 Å². The molecule has 3 aromatic carbocycles. The zero-order chi connectivity index (χ0) is 46.2. The predicted octanol–water partition coefficient (Wildman–Crippen LogP) is 11.1. The Morgan fingerprint density at radius 2 is 1.24 bits per heavy atom. The van der Waals surface area contributed by atoms with Gasteiger partial charge < -0.3 is 34.7 Å². The van der Waals surface area contributed by atoms with Gasteiger partial charge in [0, 0.05) is 24.2 Å². The summed E-state index contributed by atoms with van der Waals surface area (Å²) >= 11 is 0. The number of ether oxygens (including phenoxy) is 1. The number of imidazole rings is 2. The van der Waals surface area contributed by atoms with Gasteiger partial charge >= 0.3 is 6.09 Å². The monoisotopic (exact) mass is 895 g/mol. The Kier molecular flexibility index (Phi) is 11.7. The number of amides is 3. The molecule has 12 heteroatoms. The maximum absolute atomic E-state index is 14.4. The summed E-state index contributed by atoms with van der Waals surface area (Å²) in [7, 11) is 1.33. The number of hydrogen-bond donors (Lipinski definition) is 3. The number of aromatic nitrogens is 4. The van der Waals surface area contributed by atoms with Crippen LogP contribution in [0.3, 0.4) is 0 Å². The molecule has 3 amide bonds. The van der Waals surface area contributed by atoms with Crippen LogP contribution in [0.4, 0.5) is 10.5 Å². The fraction of sp³-hybridized carbons (Fsp3) is 0.574. The Balaban J connectivity index is 0.966. The molecular formula is C54H70N8O4. The molecule has 9 atom stereocenters. The lowest BCUT2D eigenvalue weighted by molar-refractivity contribution is -0.138. The zero-order valence-electron chi connectivity index (χ0n) is 40.3. The Labute approximate surface area is 390 Å². The van der Waals surface area contributed by atoms with Crippen molar-refractivity contribution in [3.05, 3.63) is 89.0 Å². The SMILES string of the molecule is COC(=O)N[C@H](C(=O)N1C(c2nc3ccc([C@H]4CC[C@H](c5ccc6nc([C@@H]7C[C@@H]8CCC[C@@H]8N7C(=O)CC(C)C)[nH]c6c5)N4c4ccc(C(C)(C)C)cc4)cc3[nH]2)C[C@@H]2CCC[C@@H]21)C(C)C. The first-order chi connectivity index (χ1) is 31.7. The molecule has 5 aliphatic rings. The molecule has 66 heavy (non-hydrogen) atoms. The second-order valence-corrected chi connectivity index (χ2v) is 22.1. The lowest BCUT2D eigenvalue weighted by Crippen LogP contribution is -2.53. The Bertz CT molecular complexity index is 2610. The summed E-state index contributed by atoms with van der Waals surface area (Å²) in [5.41, 5.74) is 8.83. The molecule has 5 fully saturated rings. The van der Waals surface area contributed by atoms with E-state index in [1.165, 1.54) is 42.3 Å². The molecule has 12 nitrogen and oxygen atoms in total. The summed E-state index contributed by atoms with van der Waals surface area (Å²) in [6.45, 7) is 15.0. The Hall–Kier alpha value is -5.39. The van der Waals surface area contributed by atoms with Crippen molar-refractivity contribution in [2.75, 3.05) is 12.0 Å². The molecular weight excluding hydrogens is 825 g/mol. The summed E-state index contributed by atoms with van der Waals surface area (Å²) in [5, 5.41) is 2.84. The number of nitrogens with one attached hydrogen (secondary N) is 3. The van der Waals surface area contributed by atoms with Crippen molar-refractivity contribution in [3.63, 3.8) is 0 Å². The maximum Gasteiger partial charge on any atom is 0.407 e. The molecule has 3 N–H and O–H groups in total. The first-order valence-corrected chi connectivity index (χ1v) is 25.0. The highest BCUT2D eigenvalue weighted by molar-refractivity contribution is 5.87. The van der Waals surface area contributed by atoms with Crippen molar-refractivity contribution in [1.29, 1.82) is 0 Å². The van der Waals surface area contributed by atoms with E-state index >= 15 is 0 Å². The van der Waals surface area contributed by atoms with Crippen molar-refractivity contribution in [2.45, 2.75) is 167 Å². The van der Waals surface area contributed by atoms with E-state index < -0.39 is 12.1 Å². The molecule has 10 rings (SSSR count). The quantitative estimate of drug-likeness (QED) is 0.127. The Morgan fingerprint density at radius 1 is 0.712 bits per heavy atom. The molecule has 0 bridgehead atoms. The van der Waals surface area contributed by atoms with Gasteiger partial charge in [0.05, 0.1) is 53.3 Å². The van der Waals surface area contributed by atoms with Crippen LogP contribution in [0.25, 0.3) is 22.1 Å². The van der Waals surface area contributed by atoms with Crippen LogP contribution < -0.4 is 10.2 Å². The minimum atomic E-state index is -0.687. The fourth-order valence-corrected chi connectivity index (χ4v) is 12.8. The van der Waals surface area contributed by atoms with Crippen molar-refractivity contribution in [1.82, 2.24) is 35.1 Å². The summed E-state index contributed by atoms with van der Waals surface area (Å²) in [5.74, 6) is 3.11. The third-order valence-corrected chi connectivity index (χ3v) is 16.1. The lowest BCUT2D eigenvalue weighted by atomic mass is 9.87. The highest BCUT2D eigenvalue weighted by Crippen LogP contribution is 2.51.